The lowest BCUT2D eigenvalue weighted by atomic mass is 9.96. The Morgan fingerprint density at radius 2 is 2.12 bits per heavy atom. The molecule has 2 rings (SSSR count). The summed E-state index contributed by atoms with van der Waals surface area (Å²) in [7, 11) is 0. The third kappa shape index (κ3) is 4.57. The quantitative estimate of drug-likeness (QED) is 0.866. The summed E-state index contributed by atoms with van der Waals surface area (Å²) in [5.74, 6) is -0.130. The van der Waals surface area contributed by atoms with Crippen LogP contribution < -0.4 is 5.32 Å². The number of hydrogen-bond acceptors (Lipinski definition) is 3. The van der Waals surface area contributed by atoms with Gasteiger partial charge in [-0.25, -0.2) is 0 Å². The van der Waals surface area contributed by atoms with Gasteiger partial charge in [0.05, 0.1) is 0 Å². The summed E-state index contributed by atoms with van der Waals surface area (Å²) in [5, 5.41) is 12.2. The molecule has 1 saturated heterocycles. The molecule has 0 saturated carbocycles. The number of likely N-dealkylation sites (tertiary alicyclic amines) is 1. The Morgan fingerprint density at radius 3 is 2.75 bits per heavy atom. The summed E-state index contributed by atoms with van der Waals surface area (Å²) < 4.78 is 0. The second-order valence-electron chi connectivity index (χ2n) is 7.04. The van der Waals surface area contributed by atoms with Gasteiger partial charge in [-0.1, -0.05) is 31.5 Å². The van der Waals surface area contributed by atoms with E-state index < -0.39 is 6.04 Å². The first-order valence-electron chi connectivity index (χ1n) is 8.69. The fourth-order valence-electron chi connectivity index (χ4n) is 3.14. The Bertz CT molecular complexity index is 586. The molecule has 132 valence electrons. The summed E-state index contributed by atoms with van der Waals surface area (Å²) in [4.78, 5) is 27.1. The molecule has 1 aliphatic rings. The molecular formula is C19H28N2O3. The second-order valence-corrected chi connectivity index (χ2v) is 7.04. The molecule has 5 nitrogen and oxygen atoms in total. The first-order chi connectivity index (χ1) is 11.4. The first kappa shape index (κ1) is 18.5. The van der Waals surface area contributed by atoms with Gasteiger partial charge < -0.3 is 15.3 Å². The number of carbonyl (C=O) groups excluding carboxylic acids is 2. The molecule has 0 bridgehead atoms. The van der Waals surface area contributed by atoms with Gasteiger partial charge in [-0.2, -0.15) is 0 Å². The van der Waals surface area contributed by atoms with E-state index >= 15 is 0 Å². The number of piperidine rings is 1. The standard InChI is InChI=1S/C19H28N2O3/c1-13(2)17(19(24)21-9-5-7-15(11-21)12-22)20-18(23)16-8-4-6-14(3)10-16/h4,6,8,10,13,15,17,22H,5,7,9,11-12H2,1-3H3,(H,20,23). The second kappa shape index (κ2) is 8.29. The van der Waals surface area contributed by atoms with Gasteiger partial charge in [0.2, 0.25) is 5.91 Å². The van der Waals surface area contributed by atoms with Crippen LogP contribution in [0.15, 0.2) is 24.3 Å². The van der Waals surface area contributed by atoms with Gasteiger partial charge >= 0.3 is 0 Å². The highest BCUT2D eigenvalue weighted by Crippen LogP contribution is 2.18. The predicted octanol–water partition coefficient (Wildman–Crippen LogP) is 1.98. The number of aliphatic hydroxyl groups is 1. The number of nitrogens with zero attached hydrogens (tertiary/aromatic N) is 1. The van der Waals surface area contributed by atoms with Crippen LogP contribution in [-0.4, -0.2) is 47.6 Å². The minimum atomic E-state index is -0.546. The van der Waals surface area contributed by atoms with Gasteiger partial charge in [-0.3, -0.25) is 9.59 Å². The number of amides is 2. The van der Waals surface area contributed by atoms with Crippen molar-refractivity contribution in [1.82, 2.24) is 10.2 Å². The molecule has 5 heteroatoms. The van der Waals surface area contributed by atoms with Crippen molar-refractivity contribution in [3.05, 3.63) is 35.4 Å². The summed E-state index contributed by atoms with van der Waals surface area (Å²) in [5.41, 5.74) is 1.58. The van der Waals surface area contributed by atoms with Crippen LogP contribution in [0.25, 0.3) is 0 Å². The van der Waals surface area contributed by atoms with Gasteiger partial charge in [0.1, 0.15) is 6.04 Å². The van der Waals surface area contributed by atoms with E-state index in [1.165, 1.54) is 0 Å². The molecule has 0 spiro atoms. The van der Waals surface area contributed by atoms with E-state index in [9.17, 15) is 14.7 Å². The molecule has 0 radical (unpaired) electrons. The number of hydrogen-bond donors (Lipinski definition) is 2. The van der Waals surface area contributed by atoms with E-state index in [1.807, 2.05) is 39.0 Å². The normalized spacial score (nSPS) is 19.2. The molecule has 2 atom stereocenters. The molecule has 2 unspecified atom stereocenters. The first-order valence-corrected chi connectivity index (χ1v) is 8.69. The van der Waals surface area contributed by atoms with Gasteiger partial charge in [0, 0.05) is 25.3 Å². The third-order valence-corrected chi connectivity index (χ3v) is 4.59. The van der Waals surface area contributed by atoms with Crippen molar-refractivity contribution < 1.29 is 14.7 Å². The molecule has 2 amide bonds. The van der Waals surface area contributed by atoms with E-state index in [0.29, 0.717) is 18.7 Å². The lowest BCUT2D eigenvalue weighted by Crippen LogP contribution is -2.53. The van der Waals surface area contributed by atoms with E-state index in [4.69, 9.17) is 0 Å². The molecule has 1 heterocycles. The minimum Gasteiger partial charge on any atom is -0.396 e. The fraction of sp³-hybridized carbons (Fsp3) is 0.579. The lowest BCUT2D eigenvalue weighted by Gasteiger charge is -2.35. The maximum absolute atomic E-state index is 12.9. The number of benzene rings is 1. The van der Waals surface area contributed by atoms with Gasteiger partial charge in [-0.05, 0) is 43.7 Å². The smallest absolute Gasteiger partial charge is 0.251 e. The van der Waals surface area contributed by atoms with Gasteiger partial charge in [-0.15, -0.1) is 0 Å². The predicted molar refractivity (Wildman–Crippen MR) is 93.7 cm³/mol. The van der Waals surface area contributed by atoms with Crippen LogP contribution >= 0.6 is 0 Å². The minimum absolute atomic E-state index is 0.000706. The molecule has 1 aromatic rings. The zero-order valence-corrected chi connectivity index (χ0v) is 14.8. The third-order valence-electron chi connectivity index (χ3n) is 4.59. The molecule has 1 aliphatic heterocycles. The lowest BCUT2D eigenvalue weighted by molar-refractivity contribution is -0.136. The average molecular weight is 332 g/mol. The topological polar surface area (TPSA) is 69.6 Å². The van der Waals surface area contributed by atoms with Crippen molar-refractivity contribution in [2.24, 2.45) is 11.8 Å². The number of aryl methyl sites for hydroxylation is 1. The monoisotopic (exact) mass is 332 g/mol. The van der Waals surface area contributed by atoms with Crippen molar-refractivity contribution in [2.75, 3.05) is 19.7 Å². The average Bonchev–Trinajstić information content (AvgIpc) is 2.58. The highest BCUT2D eigenvalue weighted by atomic mass is 16.3. The highest BCUT2D eigenvalue weighted by Gasteiger charge is 2.31. The van der Waals surface area contributed by atoms with Crippen LogP contribution in [0.3, 0.4) is 0 Å². The summed E-state index contributed by atoms with van der Waals surface area (Å²) in [6.07, 6.45) is 1.84. The van der Waals surface area contributed by atoms with Crippen molar-refractivity contribution in [3.8, 4) is 0 Å². The molecule has 1 aromatic carbocycles. The van der Waals surface area contributed by atoms with Crippen LogP contribution in [-0.2, 0) is 4.79 Å². The zero-order chi connectivity index (χ0) is 17.7. The van der Waals surface area contributed by atoms with Crippen molar-refractivity contribution in [2.45, 2.75) is 39.7 Å². The fourth-order valence-corrected chi connectivity index (χ4v) is 3.14. The van der Waals surface area contributed by atoms with Crippen LogP contribution in [0, 0.1) is 18.8 Å². The Balaban J connectivity index is 2.08. The number of aliphatic hydroxyl groups excluding tert-OH is 1. The number of rotatable bonds is 5. The number of carbonyl (C=O) groups is 2. The summed E-state index contributed by atoms with van der Waals surface area (Å²) in [6, 6.07) is 6.81. The molecule has 0 aliphatic carbocycles. The highest BCUT2D eigenvalue weighted by molar-refractivity contribution is 5.97. The molecule has 24 heavy (non-hydrogen) atoms. The maximum Gasteiger partial charge on any atom is 0.251 e. The SMILES string of the molecule is Cc1cccc(C(=O)NC(C(=O)N2CCCC(CO)C2)C(C)C)c1. The van der Waals surface area contributed by atoms with E-state index in [-0.39, 0.29) is 30.3 Å². The Morgan fingerprint density at radius 1 is 1.38 bits per heavy atom. The zero-order valence-electron chi connectivity index (χ0n) is 14.8. The molecule has 1 fully saturated rings. The van der Waals surface area contributed by atoms with Crippen LogP contribution in [0.4, 0.5) is 0 Å². The number of nitrogens with one attached hydrogen (secondary N) is 1. The maximum atomic E-state index is 12.9. The summed E-state index contributed by atoms with van der Waals surface area (Å²) in [6.45, 7) is 7.17. The van der Waals surface area contributed by atoms with Crippen LogP contribution in [0.5, 0.6) is 0 Å². The Kier molecular flexibility index (Phi) is 6.37. The van der Waals surface area contributed by atoms with Gasteiger partial charge in [0.15, 0.2) is 0 Å². The molecule has 0 aromatic heterocycles. The van der Waals surface area contributed by atoms with Crippen LogP contribution in [0.2, 0.25) is 0 Å². The van der Waals surface area contributed by atoms with Crippen molar-refractivity contribution >= 4 is 11.8 Å². The van der Waals surface area contributed by atoms with E-state index in [1.54, 1.807) is 11.0 Å². The van der Waals surface area contributed by atoms with Crippen LogP contribution in [0.1, 0.15) is 42.6 Å². The Labute approximate surface area is 144 Å². The van der Waals surface area contributed by atoms with Gasteiger partial charge in [0.25, 0.3) is 5.91 Å². The molecular weight excluding hydrogens is 304 g/mol. The van der Waals surface area contributed by atoms with Crippen molar-refractivity contribution in [3.63, 3.8) is 0 Å². The van der Waals surface area contributed by atoms with E-state index in [2.05, 4.69) is 5.32 Å². The largest absolute Gasteiger partial charge is 0.396 e. The molecule has 2 N–H and O–H groups in total. The summed E-state index contributed by atoms with van der Waals surface area (Å²) >= 11 is 0. The van der Waals surface area contributed by atoms with E-state index in [0.717, 1.165) is 18.4 Å². The van der Waals surface area contributed by atoms with Crippen molar-refractivity contribution in [1.29, 1.82) is 0 Å². The Hall–Kier alpha value is -1.88.